The van der Waals surface area contributed by atoms with Crippen LogP contribution in [-0.2, 0) is 0 Å². The van der Waals surface area contributed by atoms with Crippen LogP contribution in [0.1, 0.15) is 18.9 Å². The predicted molar refractivity (Wildman–Crippen MR) is 66.5 cm³/mol. The van der Waals surface area contributed by atoms with Crippen LogP contribution >= 0.6 is 27.7 Å². The lowest BCUT2D eigenvalue weighted by Crippen LogP contribution is -2.00. The first-order valence-electron chi connectivity index (χ1n) is 5.30. The molecule has 0 aromatic carbocycles. The molecule has 2 aromatic rings. The molecule has 0 bridgehead atoms. The molecule has 1 fully saturated rings. The van der Waals surface area contributed by atoms with Gasteiger partial charge in [0.2, 0.25) is 11.0 Å². The molecule has 0 atom stereocenters. The van der Waals surface area contributed by atoms with Crippen molar-refractivity contribution in [1.82, 2.24) is 30.2 Å². The maximum Gasteiger partial charge on any atom is 0.231 e. The maximum absolute atomic E-state index is 5.13. The Bertz CT molecular complexity index is 572. The van der Waals surface area contributed by atoms with Gasteiger partial charge >= 0.3 is 0 Å². The van der Waals surface area contributed by atoms with Gasteiger partial charge in [-0.1, -0.05) is 0 Å². The molecule has 0 aliphatic heterocycles. The van der Waals surface area contributed by atoms with E-state index in [-0.39, 0.29) is 0 Å². The van der Waals surface area contributed by atoms with E-state index in [9.17, 15) is 0 Å². The third-order valence-electron chi connectivity index (χ3n) is 2.42. The summed E-state index contributed by atoms with van der Waals surface area (Å²) in [5, 5.41) is 12.9. The molecule has 0 unspecified atom stereocenters. The second kappa shape index (κ2) is 4.81. The molecule has 0 saturated heterocycles. The van der Waals surface area contributed by atoms with E-state index in [1.54, 1.807) is 13.3 Å². The fourth-order valence-corrected chi connectivity index (χ4v) is 2.52. The molecule has 18 heavy (non-hydrogen) atoms. The van der Waals surface area contributed by atoms with Crippen molar-refractivity contribution in [2.24, 2.45) is 0 Å². The summed E-state index contributed by atoms with van der Waals surface area (Å²) in [5.74, 6) is 0.498. The minimum atomic E-state index is 0.430. The average Bonchev–Trinajstić information content (AvgIpc) is 3.12. The Labute approximate surface area is 115 Å². The molecular weight excluding hydrogens is 320 g/mol. The molecule has 9 heteroatoms. The number of nitrogens with zero attached hydrogens (tertiary/aromatic N) is 6. The van der Waals surface area contributed by atoms with Crippen LogP contribution in [-0.4, -0.2) is 37.3 Å². The van der Waals surface area contributed by atoms with Crippen LogP contribution in [0.4, 0.5) is 0 Å². The van der Waals surface area contributed by atoms with E-state index < -0.39 is 0 Å². The van der Waals surface area contributed by atoms with Crippen LogP contribution in [0.15, 0.2) is 21.0 Å². The number of rotatable bonds is 4. The minimum Gasteiger partial charge on any atom is -0.480 e. The minimum absolute atomic E-state index is 0.430. The SMILES string of the molecule is COc1nc(Sc2nnnn2C2CC2)ncc1Br. The Morgan fingerprint density at radius 1 is 1.50 bits per heavy atom. The quantitative estimate of drug-likeness (QED) is 0.790. The Morgan fingerprint density at radius 3 is 3.06 bits per heavy atom. The number of tetrazole rings is 1. The summed E-state index contributed by atoms with van der Waals surface area (Å²) in [4.78, 5) is 8.46. The molecule has 1 aliphatic rings. The summed E-state index contributed by atoms with van der Waals surface area (Å²) in [7, 11) is 1.57. The molecule has 0 amide bonds. The molecule has 94 valence electrons. The highest BCUT2D eigenvalue weighted by Crippen LogP contribution is 2.37. The van der Waals surface area contributed by atoms with Crippen molar-refractivity contribution in [2.75, 3.05) is 7.11 Å². The van der Waals surface area contributed by atoms with Crippen LogP contribution in [0, 0.1) is 0 Å². The van der Waals surface area contributed by atoms with Crippen molar-refractivity contribution < 1.29 is 4.74 Å². The van der Waals surface area contributed by atoms with Crippen molar-refractivity contribution in [3.63, 3.8) is 0 Å². The van der Waals surface area contributed by atoms with E-state index in [0.29, 0.717) is 22.2 Å². The zero-order valence-corrected chi connectivity index (χ0v) is 11.8. The van der Waals surface area contributed by atoms with Gasteiger partial charge < -0.3 is 4.74 Å². The standard InChI is InChI=1S/C9H9BrN6OS/c1-17-7-6(10)4-11-8(12-7)18-9-13-14-15-16(9)5-2-3-5/h4-5H,2-3H2,1H3. The zero-order valence-electron chi connectivity index (χ0n) is 9.45. The molecule has 0 spiro atoms. The van der Waals surface area contributed by atoms with Crippen molar-refractivity contribution >= 4 is 27.7 Å². The van der Waals surface area contributed by atoms with Crippen LogP contribution in [0.3, 0.4) is 0 Å². The van der Waals surface area contributed by atoms with Gasteiger partial charge in [-0.25, -0.2) is 9.67 Å². The fourth-order valence-electron chi connectivity index (χ4n) is 1.41. The first kappa shape index (κ1) is 11.8. The number of halogens is 1. The van der Waals surface area contributed by atoms with Crippen LogP contribution in [0.5, 0.6) is 5.88 Å². The van der Waals surface area contributed by atoms with Gasteiger partial charge in [0.15, 0.2) is 5.16 Å². The van der Waals surface area contributed by atoms with Gasteiger partial charge in [0.1, 0.15) is 0 Å². The summed E-state index contributed by atoms with van der Waals surface area (Å²) in [6, 6.07) is 0.430. The van der Waals surface area contributed by atoms with Crippen molar-refractivity contribution in [1.29, 1.82) is 0 Å². The monoisotopic (exact) mass is 328 g/mol. The second-order valence-electron chi connectivity index (χ2n) is 3.75. The smallest absolute Gasteiger partial charge is 0.231 e. The Hall–Kier alpha value is -1.22. The van der Waals surface area contributed by atoms with E-state index >= 15 is 0 Å². The topological polar surface area (TPSA) is 78.6 Å². The summed E-state index contributed by atoms with van der Waals surface area (Å²) in [5.41, 5.74) is 0. The summed E-state index contributed by atoms with van der Waals surface area (Å²) in [6.07, 6.45) is 3.91. The third-order valence-corrected chi connectivity index (χ3v) is 3.80. The van der Waals surface area contributed by atoms with Gasteiger partial charge in [-0.2, -0.15) is 4.98 Å². The summed E-state index contributed by atoms with van der Waals surface area (Å²) < 4.78 is 7.67. The molecule has 1 saturated carbocycles. The van der Waals surface area contributed by atoms with Crippen molar-refractivity contribution in [3.05, 3.63) is 10.7 Å². The largest absolute Gasteiger partial charge is 0.480 e. The average molecular weight is 329 g/mol. The number of aromatic nitrogens is 6. The highest BCUT2D eigenvalue weighted by Gasteiger charge is 2.28. The highest BCUT2D eigenvalue weighted by molar-refractivity contribution is 9.10. The van der Waals surface area contributed by atoms with Gasteiger partial charge in [-0.3, -0.25) is 0 Å². The first-order valence-corrected chi connectivity index (χ1v) is 6.91. The van der Waals surface area contributed by atoms with Gasteiger partial charge in [0, 0.05) is 6.20 Å². The van der Waals surface area contributed by atoms with Crippen LogP contribution < -0.4 is 4.74 Å². The van der Waals surface area contributed by atoms with E-state index in [1.807, 2.05) is 4.68 Å². The molecule has 2 aromatic heterocycles. The molecule has 3 rings (SSSR count). The molecule has 7 nitrogen and oxygen atoms in total. The number of ether oxygens (including phenoxy) is 1. The molecule has 0 N–H and O–H groups in total. The van der Waals surface area contributed by atoms with Gasteiger partial charge in [-0.05, 0) is 51.0 Å². The Balaban J connectivity index is 1.85. The lowest BCUT2D eigenvalue weighted by Gasteiger charge is -2.04. The predicted octanol–water partition coefficient (Wildman–Crippen LogP) is 1.72. The van der Waals surface area contributed by atoms with E-state index in [0.717, 1.165) is 17.3 Å². The molecule has 0 radical (unpaired) electrons. The number of hydrogen-bond acceptors (Lipinski definition) is 7. The van der Waals surface area contributed by atoms with E-state index in [4.69, 9.17) is 4.74 Å². The number of hydrogen-bond donors (Lipinski definition) is 0. The Morgan fingerprint density at radius 2 is 2.33 bits per heavy atom. The fraction of sp³-hybridized carbons (Fsp3) is 0.444. The van der Waals surface area contributed by atoms with E-state index in [2.05, 4.69) is 41.4 Å². The normalized spacial score (nSPS) is 14.8. The lowest BCUT2D eigenvalue weighted by molar-refractivity contribution is 0.389. The molecule has 2 heterocycles. The van der Waals surface area contributed by atoms with Gasteiger partial charge in [0.25, 0.3) is 0 Å². The van der Waals surface area contributed by atoms with Crippen LogP contribution in [0.2, 0.25) is 0 Å². The highest BCUT2D eigenvalue weighted by atomic mass is 79.9. The lowest BCUT2D eigenvalue weighted by atomic mass is 10.6. The molecule has 1 aliphatic carbocycles. The summed E-state index contributed by atoms with van der Waals surface area (Å²) >= 11 is 4.64. The maximum atomic E-state index is 5.13. The van der Waals surface area contributed by atoms with Crippen molar-refractivity contribution in [2.45, 2.75) is 29.2 Å². The third kappa shape index (κ3) is 2.32. The van der Waals surface area contributed by atoms with Crippen molar-refractivity contribution in [3.8, 4) is 5.88 Å². The van der Waals surface area contributed by atoms with Gasteiger partial charge in [-0.15, -0.1) is 5.10 Å². The molecular formula is C9H9BrN6OS. The number of methoxy groups -OCH3 is 1. The zero-order chi connectivity index (χ0) is 12.5. The summed E-state index contributed by atoms with van der Waals surface area (Å²) in [6.45, 7) is 0. The Kier molecular flexibility index (Phi) is 3.16. The first-order chi connectivity index (χ1) is 8.78. The van der Waals surface area contributed by atoms with Crippen LogP contribution in [0.25, 0.3) is 0 Å². The van der Waals surface area contributed by atoms with E-state index in [1.165, 1.54) is 11.8 Å². The van der Waals surface area contributed by atoms with Gasteiger partial charge in [0.05, 0.1) is 17.6 Å². The second-order valence-corrected chi connectivity index (χ2v) is 5.54.